The Morgan fingerprint density at radius 1 is 1.14 bits per heavy atom. The number of benzene rings is 2. The Morgan fingerprint density at radius 2 is 1.79 bits per heavy atom. The minimum absolute atomic E-state index is 0.134. The van der Waals surface area contributed by atoms with E-state index < -0.39 is 34.4 Å². The fourth-order valence-electron chi connectivity index (χ4n) is 2.19. The van der Waals surface area contributed by atoms with Gasteiger partial charge in [0.15, 0.2) is 0 Å². The molecule has 4 nitrogen and oxygen atoms in total. The molecule has 0 radical (unpaired) electrons. The van der Waals surface area contributed by atoms with Gasteiger partial charge in [0.1, 0.15) is 5.82 Å². The van der Waals surface area contributed by atoms with Gasteiger partial charge in [-0.25, -0.2) is 4.39 Å². The van der Waals surface area contributed by atoms with Crippen molar-refractivity contribution >= 4 is 35.2 Å². The van der Waals surface area contributed by atoms with Crippen molar-refractivity contribution in [2.45, 2.75) is 6.18 Å². The van der Waals surface area contributed by atoms with Crippen LogP contribution in [0.15, 0.2) is 48.5 Å². The summed E-state index contributed by atoms with van der Waals surface area (Å²) < 4.78 is 51.4. The first-order valence-electron chi connectivity index (χ1n) is 7.91. The van der Waals surface area contributed by atoms with Gasteiger partial charge in [0, 0.05) is 18.8 Å². The minimum Gasteiger partial charge on any atom is -0.333 e. The molecule has 9 heteroatoms. The molecule has 0 bridgehead atoms. The molecule has 2 aromatic carbocycles. The highest BCUT2D eigenvalue weighted by Gasteiger charge is 2.33. The first-order chi connectivity index (χ1) is 13.1. The fourth-order valence-corrected chi connectivity index (χ4v) is 2.41. The Bertz CT molecular complexity index is 896. The summed E-state index contributed by atoms with van der Waals surface area (Å²) in [6.45, 7) is -0.297. The third kappa shape index (κ3) is 6.09. The summed E-state index contributed by atoms with van der Waals surface area (Å²) in [4.78, 5) is 25.1. The van der Waals surface area contributed by atoms with Crippen molar-refractivity contribution in [1.29, 1.82) is 0 Å². The molecule has 0 heterocycles. The quantitative estimate of drug-likeness (QED) is 0.574. The number of carbonyl (C=O) groups is 2. The SMILES string of the molecule is CN(CC(=O)Nc1ccc(F)cc1)C(=O)/C=C/c1ccc(Cl)c(C(F)(F)F)c1. The molecular weight excluding hydrogens is 400 g/mol. The molecule has 1 N–H and O–H groups in total. The third-order valence-electron chi connectivity index (χ3n) is 3.60. The van der Waals surface area contributed by atoms with Crippen LogP contribution in [-0.4, -0.2) is 30.3 Å². The lowest BCUT2D eigenvalue weighted by Crippen LogP contribution is -2.33. The van der Waals surface area contributed by atoms with E-state index in [1.807, 2.05) is 0 Å². The van der Waals surface area contributed by atoms with E-state index >= 15 is 0 Å². The Labute approximate surface area is 163 Å². The van der Waals surface area contributed by atoms with Gasteiger partial charge < -0.3 is 10.2 Å². The predicted molar refractivity (Wildman–Crippen MR) is 98.2 cm³/mol. The Morgan fingerprint density at radius 3 is 2.39 bits per heavy atom. The molecule has 0 aliphatic heterocycles. The van der Waals surface area contributed by atoms with Crippen LogP contribution in [0.4, 0.5) is 23.2 Å². The smallest absolute Gasteiger partial charge is 0.333 e. The van der Waals surface area contributed by atoms with E-state index in [1.165, 1.54) is 43.5 Å². The number of hydrogen-bond donors (Lipinski definition) is 1. The lowest BCUT2D eigenvalue weighted by molar-refractivity contribution is -0.137. The van der Waals surface area contributed by atoms with Crippen molar-refractivity contribution in [2.75, 3.05) is 18.9 Å². The second-order valence-electron chi connectivity index (χ2n) is 5.82. The lowest BCUT2D eigenvalue weighted by Gasteiger charge is -2.15. The zero-order valence-electron chi connectivity index (χ0n) is 14.6. The molecule has 148 valence electrons. The van der Waals surface area contributed by atoms with Crippen LogP contribution in [0.5, 0.6) is 0 Å². The van der Waals surface area contributed by atoms with Gasteiger partial charge in [0.25, 0.3) is 0 Å². The summed E-state index contributed by atoms with van der Waals surface area (Å²) in [5.41, 5.74) is -0.506. The normalized spacial score (nSPS) is 11.5. The van der Waals surface area contributed by atoms with Gasteiger partial charge in [-0.1, -0.05) is 17.7 Å². The molecule has 2 rings (SSSR count). The second kappa shape index (κ2) is 8.88. The standard InChI is InChI=1S/C19H15ClF4N2O2/c1-26(11-17(27)25-14-6-4-13(21)5-7-14)18(28)9-3-12-2-8-16(20)15(10-12)19(22,23)24/h2-10H,11H2,1H3,(H,25,27)/b9-3+. The summed E-state index contributed by atoms with van der Waals surface area (Å²) in [5.74, 6) is -1.55. The monoisotopic (exact) mass is 414 g/mol. The number of likely N-dealkylation sites (N-methyl/N-ethyl adjacent to an activating group) is 1. The first-order valence-corrected chi connectivity index (χ1v) is 8.29. The summed E-state index contributed by atoms with van der Waals surface area (Å²) >= 11 is 5.54. The average Bonchev–Trinajstić information content (AvgIpc) is 2.61. The Hall–Kier alpha value is -2.87. The molecule has 0 aromatic heterocycles. The van der Waals surface area contributed by atoms with Crippen molar-refractivity contribution in [3.63, 3.8) is 0 Å². The Kier molecular flexibility index (Phi) is 6.80. The van der Waals surface area contributed by atoms with E-state index in [4.69, 9.17) is 11.6 Å². The van der Waals surface area contributed by atoms with E-state index in [2.05, 4.69) is 5.32 Å². The molecule has 0 fully saturated rings. The van der Waals surface area contributed by atoms with Crippen LogP contribution in [-0.2, 0) is 15.8 Å². The molecule has 28 heavy (non-hydrogen) atoms. The maximum absolute atomic E-state index is 12.9. The van der Waals surface area contributed by atoms with E-state index in [9.17, 15) is 27.2 Å². The molecule has 0 saturated carbocycles. The van der Waals surface area contributed by atoms with Gasteiger partial charge in [-0.3, -0.25) is 9.59 Å². The number of rotatable bonds is 5. The highest BCUT2D eigenvalue weighted by atomic mass is 35.5. The molecular formula is C19H15ClF4N2O2. The first kappa shape index (κ1) is 21.4. The van der Waals surface area contributed by atoms with Gasteiger partial charge in [-0.15, -0.1) is 0 Å². The van der Waals surface area contributed by atoms with Gasteiger partial charge in [0.05, 0.1) is 17.1 Å². The van der Waals surface area contributed by atoms with Crippen molar-refractivity contribution in [1.82, 2.24) is 4.90 Å². The summed E-state index contributed by atoms with van der Waals surface area (Å²) in [7, 11) is 1.36. The van der Waals surface area contributed by atoms with Crippen molar-refractivity contribution in [3.05, 3.63) is 70.5 Å². The number of carbonyl (C=O) groups excluding carboxylic acids is 2. The second-order valence-corrected chi connectivity index (χ2v) is 6.23. The third-order valence-corrected chi connectivity index (χ3v) is 3.93. The van der Waals surface area contributed by atoms with Crippen LogP contribution in [0.3, 0.4) is 0 Å². The number of nitrogens with one attached hydrogen (secondary N) is 1. The number of anilines is 1. The van der Waals surface area contributed by atoms with Crippen LogP contribution < -0.4 is 5.32 Å². The molecule has 0 saturated heterocycles. The van der Waals surface area contributed by atoms with Crippen LogP contribution >= 0.6 is 11.6 Å². The van der Waals surface area contributed by atoms with E-state index in [0.717, 1.165) is 23.1 Å². The van der Waals surface area contributed by atoms with Gasteiger partial charge in [-0.05, 0) is 48.0 Å². The molecule has 0 atom stereocenters. The van der Waals surface area contributed by atoms with E-state index in [1.54, 1.807) is 0 Å². The number of halogens is 5. The van der Waals surface area contributed by atoms with Gasteiger partial charge in [0.2, 0.25) is 11.8 Å². The summed E-state index contributed by atoms with van der Waals surface area (Å²) in [6, 6.07) is 8.34. The zero-order valence-corrected chi connectivity index (χ0v) is 15.3. The van der Waals surface area contributed by atoms with Gasteiger partial charge in [-0.2, -0.15) is 13.2 Å². The van der Waals surface area contributed by atoms with Crippen molar-refractivity contribution < 1.29 is 27.2 Å². The van der Waals surface area contributed by atoms with E-state index in [0.29, 0.717) is 5.69 Å². The fraction of sp³-hybridized carbons (Fsp3) is 0.158. The molecule has 0 unspecified atom stereocenters. The van der Waals surface area contributed by atoms with Crippen molar-refractivity contribution in [2.24, 2.45) is 0 Å². The van der Waals surface area contributed by atoms with Crippen molar-refractivity contribution in [3.8, 4) is 0 Å². The largest absolute Gasteiger partial charge is 0.417 e. The van der Waals surface area contributed by atoms with Crippen LogP contribution in [0, 0.1) is 5.82 Å². The number of hydrogen-bond acceptors (Lipinski definition) is 2. The summed E-state index contributed by atoms with van der Waals surface area (Å²) in [5, 5.41) is 2.06. The predicted octanol–water partition coefficient (Wildman–Crippen LogP) is 4.61. The van der Waals surface area contributed by atoms with Crippen LogP contribution in [0.2, 0.25) is 5.02 Å². The number of nitrogens with zero attached hydrogens (tertiary/aromatic N) is 1. The number of amides is 2. The minimum atomic E-state index is -4.61. The van der Waals surface area contributed by atoms with Gasteiger partial charge >= 0.3 is 6.18 Å². The molecule has 2 aromatic rings. The maximum atomic E-state index is 12.9. The van der Waals surface area contributed by atoms with Crippen LogP contribution in [0.1, 0.15) is 11.1 Å². The molecule has 0 aliphatic carbocycles. The topological polar surface area (TPSA) is 49.4 Å². The number of alkyl halides is 3. The molecule has 2 amide bonds. The van der Waals surface area contributed by atoms with E-state index in [-0.39, 0.29) is 12.1 Å². The average molecular weight is 415 g/mol. The summed E-state index contributed by atoms with van der Waals surface area (Å²) in [6.07, 6.45) is -2.36. The zero-order chi connectivity index (χ0) is 20.9. The Balaban J connectivity index is 1.98. The lowest BCUT2D eigenvalue weighted by atomic mass is 10.1. The highest BCUT2D eigenvalue weighted by molar-refractivity contribution is 6.31. The molecule has 0 aliphatic rings. The highest BCUT2D eigenvalue weighted by Crippen LogP contribution is 2.35. The van der Waals surface area contributed by atoms with Crippen LogP contribution in [0.25, 0.3) is 6.08 Å². The maximum Gasteiger partial charge on any atom is 0.417 e. The molecule has 0 spiro atoms.